The van der Waals surface area contributed by atoms with Gasteiger partial charge in [0.1, 0.15) is 0 Å². The number of benzene rings is 2. The van der Waals surface area contributed by atoms with Crippen molar-refractivity contribution in [2.24, 2.45) is 0 Å². The van der Waals surface area contributed by atoms with E-state index < -0.39 is 5.97 Å². The van der Waals surface area contributed by atoms with Crippen molar-refractivity contribution in [2.45, 2.75) is 39.8 Å². The first kappa shape index (κ1) is 20.6. The maximum atomic E-state index is 12.9. The number of carbonyl (C=O) groups is 2. The van der Waals surface area contributed by atoms with E-state index >= 15 is 0 Å². The number of carbonyl (C=O) groups excluding carboxylic acids is 1. The molecule has 0 saturated heterocycles. The monoisotopic (exact) mass is 481 g/mol. The van der Waals surface area contributed by atoms with E-state index in [4.69, 9.17) is 5.11 Å². The second-order valence-electron chi connectivity index (χ2n) is 6.60. The van der Waals surface area contributed by atoms with E-state index in [1.807, 2.05) is 44.7 Å². The Hall–Kier alpha value is -1.66. The molecule has 26 heavy (non-hydrogen) atoms. The van der Waals surface area contributed by atoms with Crippen molar-refractivity contribution in [3.63, 3.8) is 0 Å². The molecule has 2 aromatic rings. The summed E-state index contributed by atoms with van der Waals surface area (Å²) in [5.74, 6) is -0.984. The lowest BCUT2D eigenvalue weighted by atomic mass is 10.0. The fourth-order valence-corrected chi connectivity index (χ4v) is 4.61. The predicted octanol–water partition coefficient (Wildman–Crippen LogP) is 5.84. The number of halogens is 2. The molecule has 6 heteroatoms. The summed E-state index contributed by atoms with van der Waals surface area (Å²) < 4.78 is 1.54. The quantitative estimate of drug-likeness (QED) is 0.582. The third-order valence-electron chi connectivity index (χ3n) is 4.06. The lowest BCUT2D eigenvalue weighted by Gasteiger charge is -2.31. The zero-order valence-corrected chi connectivity index (χ0v) is 18.3. The van der Waals surface area contributed by atoms with Gasteiger partial charge in [-0.3, -0.25) is 4.79 Å². The van der Waals surface area contributed by atoms with Crippen molar-refractivity contribution in [1.29, 1.82) is 0 Å². The summed E-state index contributed by atoms with van der Waals surface area (Å²) in [6.07, 6.45) is 0. The summed E-state index contributed by atoms with van der Waals surface area (Å²) in [7, 11) is 0. The van der Waals surface area contributed by atoms with E-state index in [0.29, 0.717) is 5.56 Å². The minimum atomic E-state index is -0.960. The fraction of sp³-hybridized carbons (Fsp3) is 0.300. The molecule has 0 atom stereocenters. The maximum Gasteiger partial charge on any atom is 0.335 e. The number of hydrogen-bond donors (Lipinski definition) is 1. The van der Waals surface area contributed by atoms with E-state index in [2.05, 4.69) is 31.9 Å². The highest BCUT2D eigenvalue weighted by atomic mass is 79.9. The Labute approximate surface area is 170 Å². The van der Waals surface area contributed by atoms with Crippen molar-refractivity contribution in [1.82, 2.24) is 4.90 Å². The molecule has 1 N–H and O–H groups in total. The third-order valence-corrected chi connectivity index (χ3v) is 5.31. The van der Waals surface area contributed by atoms with Gasteiger partial charge >= 0.3 is 5.97 Å². The van der Waals surface area contributed by atoms with Gasteiger partial charge in [0, 0.05) is 32.2 Å². The molecule has 0 spiro atoms. The van der Waals surface area contributed by atoms with Gasteiger partial charge in [-0.15, -0.1) is 0 Å². The molecule has 0 bridgehead atoms. The molecule has 1 amide bonds. The molecule has 0 aromatic heterocycles. The second-order valence-corrected chi connectivity index (χ2v) is 8.31. The SMILES string of the molecule is CC(C)N(C(=O)c1cc(Br)c(-c2ccc(C(=O)O)cc2)c(Br)c1)C(C)C. The van der Waals surface area contributed by atoms with Crippen LogP contribution in [0.1, 0.15) is 48.4 Å². The van der Waals surface area contributed by atoms with Crippen molar-refractivity contribution in [3.8, 4) is 11.1 Å². The van der Waals surface area contributed by atoms with Crippen LogP contribution >= 0.6 is 31.9 Å². The van der Waals surface area contributed by atoms with Crippen molar-refractivity contribution in [3.05, 3.63) is 56.5 Å². The molecule has 4 nitrogen and oxygen atoms in total. The van der Waals surface area contributed by atoms with Crippen molar-refractivity contribution < 1.29 is 14.7 Å². The summed E-state index contributed by atoms with van der Waals surface area (Å²) in [5.41, 5.74) is 2.56. The van der Waals surface area contributed by atoms with Gasteiger partial charge < -0.3 is 10.0 Å². The molecule has 0 heterocycles. The normalized spacial score (nSPS) is 11.1. The molecule has 2 aromatic carbocycles. The van der Waals surface area contributed by atoms with E-state index in [9.17, 15) is 9.59 Å². The molecule has 0 aliphatic carbocycles. The lowest BCUT2D eigenvalue weighted by molar-refractivity contribution is 0.0641. The van der Waals surface area contributed by atoms with Crippen LogP contribution in [0.15, 0.2) is 45.3 Å². The molecule has 0 fully saturated rings. The van der Waals surface area contributed by atoms with Crippen molar-refractivity contribution >= 4 is 43.7 Å². The second kappa shape index (κ2) is 8.35. The smallest absolute Gasteiger partial charge is 0.335 e. The first-order valence-electron chi connectivity index (χ1n) is 8.29. The van der Waals surface area contributed by atoms with Crippen molar-refractivity contribution in [2.75, 3.05) is 0 Å². The Morgan fingerprint density at radius 1 is 0.885 bits per heavy atom. The average Bonchev–Trinajstić information content (AvgIpc) is 2.53. The fourth-order valence-electron chi connectivity index (χ4n) is 2.97. The van der Waals surface area contributed by atoms with Crippen LogP contribution in [0.2, 0.25) is 0 Å². The molecule has 0 unspecified atom stereocenters. The number of carboxylic acids is 1. The van der Waals surface area contributed by atoms with Crippen LogP contribution in [0.4, 0.5) is 0 Å². The minimum Gasteiger partial charge on any atom is -0.478 e. The molecule has 0 aliphatic heterocycles. The van der Waals surface area contributed by atoms with Crippen LogP contribution in [0, 0.1) is 0 Å². The minimum absolute atomic E-state index is 0.0239. The zero-order chi connectivity index (χ0) is 19.6. The average molecular weight is 483 g/mol. The largest absolute Gasteiger partial charge is 0.478 e. The Morgan fingerprint density at radius 2 is 1.35 bits per heavy atom. The number of amides is 1. The summed E-state index contributed by atoms with van der Waals surface area (Å²) in [6.45, 7) is 8.00. The Morgan fingerprint density at radius 3 is 1.73 bits per heavy atom. The van der Waals surface area contributed by atoms with Gasteiger partial charge in [0.25, 0.3) is 5.91 Å². The predicted molar refractivity (Wildman–Crippen MR) is 111 cm³/mol. The van der Waals surface area contributed by atoms with Crippen LogP contribution in [0.25, 0.3) is 11.1 Å². The molecule has 2 rings (SSSR count). The Bertz CT molecular complexity index is 798. The summed E-state index contributed by atoms with van der Waals surface area (Å²) in [4.78, 5) is 25.8. The van der Waals surface area contributed by atoms with Crippen LogP contribution < -0.4 is 0 Å². The van der Waals surface area contributed by atoms with E-state index in [1.165, 1.54) is 0 Å². The van der Waals surface area contributed by atoms with Gasteiger partial charge in [0.05, 0.1) is 5.56 Å². The zero-order valence-electron chi connectivity index (χ0n) is 15.1. The number of aromatic carboxylic acids is 1. The first-order chi connectivity index (χ1) is 12.1. The molecule has 0 radical (unpaired) electrons. The first-order valence-corrected chi connectivity index (χ1v) is 9.87. The molecule has 0 aliphatic rings. The van der Waals surface area contributed by atoms with Gasteiger partial charge in [-0.25, -0.2) is 4.79 Å². The molecular formula is C20H21Br2NO3. The molecule has 138 valence electrons. The van der Waals surface area contributed by atoms with E-state index in [1.54, 1.807) is 24.3 Å². The van der Waals surface area contributed by atoms with Gasteiger partial charge in [-0.2, -0.15) is 0 Å². The third kappa shape index (κ3) is 4.35. The van der Waals surface area contributed by atoms with Crippen LogP contribution in [-0.2, 0) is 0 Å². The van der Waals surface area contributed by atoms with Crippen LogP contribution in [0.5, 0.6) is 0 Å². The molecular weight excluding hydrogens is 462 g/mol. The molecule has 0 saturated carbocycles. The van der Waals surface area contributed by atoms with E-state index in [-0.39, 0.29) is 23.6 Å². The highest BCUT2D eigenvalue weighted by molar-refractivity contribution is 9.11. The standard InChI is InChI=1S/C20H21Br2NO3/c1-11(2)23(12(3)4)19(24)15-9-16(21)18(17(22)10-15)13-5-7-14(8-6-13)20(25)26/h5-12H,1-4H3,(H,25,26). The maximum absolute atomic E-state index is 12.9. The van der Waals surface area contributed by atoms with Gasteiger partial charge in [0.15, 0.2) is 0 Å². The van der Waals surface area contributed by atoms with Gasteiger partial charge in [0.2, 0.25) is 0 Å². The topological polar surface area (TPSA) is 57.6 Å². The summed E-state index contributed by atoms with van der Waals surface area (Å²) in [5, 5.41) is 9.03. The van der Waals surface area contributed by atoms with Gasteiger partial charge in [-0.1, -0.05) is 44.0 Å². The Balaban J connectivity index is 2.45. The van der Waals surface area contributed by atoms with E-state index in [0.717, 1.165) is 20.1 Å². The van der Waals surface area contributed by atoms with Crippen LogP contribution in [0.3, 0.4) is 0 Å². The number of rotatable bonds is 5. The number of carboxylic acid groups (broad SMARTS) is 1. The number of nitrogens with zero attached hydrogens (tertiary/aromatic N) is 1. The highest BCUT2D eigenvalue weighted by Crippen LogP contribution is 2.37. The van der Waals surface area contributed by atoms with Gasteiger partial charge in [-0.05, 0) is 57.5 Å². The Kier molecular flexibility index (Phi) is 6.64. The summed E-state index contributed by atoms with van der Waals surface area (Å²) >= 11 is 7.11. The summed E-state index contributed by atoms with van der Waals surface area (Å²) in [6, 6.07) is 10.5. The lowest BCUT2D eigenvalue weighted by Crippen LogP contribution is -2.42. The highest BCUT2D eigenvalue weighted by Gasteiger charge is 2.23. The van der Waals surface area contributed by atoms with Crippen LogP contribution in [-0.4, -0.2) is 34.0 Å². The number of hydrogen-bond acceptors (Lipinski definition) is 2.